The molecule has 0 saturated carbocycles. The molecule has 1 rings (SSSR count). The van der Waals surface area contributed by atoms with E-state index in [1.807, 2.05) is 31.2 Å². The molecule has 3 heteroatoms. The van der Waals surface area contributed by atoms with Crippen molar-refractivity contribution in [3.63, 3.8) is 0 Å². The minimum Gasteiger partial charge on any atom is -0.386 e. The number of nitrogens with one attached hydrogen (secondary N) is 1. The third kappa shape index (κ3) is 2.62. The Morgan fingerprint density at radius 2 is 1.92 bits per heavy atom. The zero-order valence-electron chi connectivity index (χ0n) is 7.33. The lowest BCUT2D eigenvalue weighted by Crippen LogP contribution is -2.07. The molecular formula is C9H13N3. The zero-order valence-corrected chi connectivity index (χ0v) is 7.33. The molecule has 12 heavy (non-hydrogen) atoms. The van der Waals surface area contributed by atoms with E-state index in [0.29, 0.717) is 5.84 Å². The minimum absolute atomic E-state index is 0.524. The van der Waals surface area contributed by atoms with Crippen LogP contribution in [0.2, 0.25) is 0 Å². The fraction of sp³-hybridized carbons (Fsp3) is 0.222. The summed E-state index contributed by atoms with van der Waals surface area (Å²) in [7, 11) is 0. The van der Waals surface area contributed by atoms with Crippen molar-refractivity contribution in [1.29, 1.82) is 0 Å². The second-order valence-electron chi connectivity index (χ2n) is 2.73. The summed E-state index contributed by atoms with van der Waals surface area (Å²) in [5.74, 6) is 0.524. The van der Waals surface area contributed by atoms with E-state index in [9.17, 15) is 0 Å². The van der Waals surface area contributed by atoms with Crippen LogP contribution in [0.25, 0.3) is 0 Å². The molecule has 0 aliphatic rings. The van der Waals surface area contributed by atoms with E-state index in [0.717, 1.165) is 5.69 Å². The molecule has 0 aliphatic carbocycles. The quantitative estimate of drug-likeness (QED) is 0.396. The zero-order chi connectivity index (χ0) is 8.97. The van der Waals surface area contributed by atoms with Crippen molar-refractivity contribution < 1.29 is 0 Å². The number of anilines is 1. The van der Waals surface area contributed by atoms with Gasteiger partial charge in [-0.05, 0) is 26.0 Å². The Bertz CT molecular complexity index is 270. The van der Waals surface area contributed by atoms with Crippen LogP contribution in [0.4, 0.5) is 5.69 Å². The molecule has 3 nitrogen and oxygen atoms in total. The molecule has 0 aromatic heterocycles. The summed E-state index contributed by atoms with van der Waals surface area (Å²) in [4.78, 5) is 0. The molecule has 1 aromatic rings. The van der Waals surface area contributed by atoms with Gasteiger partial charge in [-0.25, -0.2) is 0 Å². The second kappa shape index (κ2) is 3.76. The van der Waals surface area contributed by atoms with Crippen LogP contribution >= 0.6 is 0 Å². The number of rotatable bonds is 2. The van der Waals surface area contributed by atoms with Gasteiger partial charge in [0, 0.05) is 0 Å². The molecule has 64 valence electrons. The van der Waals surface area contributed by atoms with Gasteiger partial charge in [-0.15, -0.1) is 0 Å². The smallest absolute Gasteiger partial charge is 0.116 e. The maximum absolute atomic E-state index is 5.36. The van der Waals surface area contributed by atoms with Crippen molar-refractivity contribution in [2.24, 2.45) is 10.8 Å². The van der Waals surface area contributed by atoms with Crippen molar-refractivity contribution in [3.8, 4) is 0 Å². The third-order valence-electron chi connectivity index (χ3n) is 1.41. The van der Waals surface area contributed by atoms with Gasteiger partial charge >= 0.3 is 0 Å². The highest BCUT2D eigenvalue weighted by atomic mass is 15.3. The number of hydrogen-bond donors (Lipinski definition) is 2. The standard InChI is InChI=1S/C9H13N3/c1-7-3-5-9(6-4-7)12-11-8(2)10/h3-6,12H,1-2H3,(H2,10,11). The van der Waals surface area contributed by atoms with Crippen LogP contribution in [0.5, 0.6) is 0 Å². The summed E-state index contributed by atoms with van der Waals surface area (Å²) in [5, 5.41) is 3.87. The molecule has 0 aliphatic heterocycles. The highest BCUT2D eigenvalue weighted by Crippen LogP contribution is 2.07. The van der Waals surface area contributed by atoms with Crippen molar-refractivity contribution in [3.05, 3.63) is 29.8 Å². The Morgan fingerprint density at radius 1 is 1.33 bits per heavy atom. The first kappa shape index (κ1) is 8.59. The Labute approximate surface area is 72.3 Å². The third-order valence-corrected chi connectivity index (χ3v) is 1.41. The van der Waals surface area contributed by atoms with Crippen LogP contribution in [-0.2, 0) is 0 Å². The van der Waals surface area contributed by atoms with Crippen LogP contribution in [-0.4, -0.2) is 5.84 Å². The first-order valence-electron chi connectivity index (χ1n) is 3.81. The predicted molar refractivity (Wildman–Crippen MR) is 52.1 cm³/mol. The summed E-state index contributed by atoms with van der Waals surface area (Å²) < 4.78 is 0. The topological polar surface area (TPSA) is 50.4 Å². The van der Waals surface area contributed by atoms with Crippen LogP contribution in [0, 0.1) is 6.92 Å². The summed E-state index contributed by atoms with van der Waals surface area (Å²) in [6, 6.07) is 7.96. The van der Waals surface area contributed by atoms with Crippen molar-refractivity contribution >= 4 is 11.5 Å². The molecule has 0 saturated heterocycles. The largest absolute Gasteiger partial charge is 0.386 e. The average molecular weight is 163 g/mol. The Morgan fingerprint density at radius 3 is 2.42 bits per heavy atom. The number of benzene rings is 1. The van der Waals surface area contributed by atoms with E-state index in [1.165, 1.54) is 5.56 Å². The number of hydrazone groups is 1. The molecule has 0 amide bonds. The molecular weight excluding hydrogens is 150 g/mol. The molecule has 1 aromatic carbocycles. The highest BCUT2D eigenvalue weighted by molar-refractivity contribution is 5.78. The normalized spacial score (nSPS) is 11.3. The maximum Gasteiger partial charge on any atom is 0.116 e. The van der Waals surface area contributed by atoms with Crippen LogP contribution in [0.15, 0.2) is 29.4 Å². The summed E-state index contributed by atoms with van der Waals surface area (Å²) >= 11 is 0. The second-order valence-corrected chi connectivity index (χ2v) is 2.73. The number of amidine groups is 1. The molecule has 0 fully saturated rings. The number of nitrogens with zero attached hydrogens (tertiary/aromatic N) is 1. The van der Waals surface area contributed by atoms with Gasteiger partial charge in [0.25, 0.3) is 0 Å². The molecule has 0 bridgehead atoms. The van der Waals surface area contributed by atoms with Crippen LogP contribution in [0.1, 0.15) is 12.5 Å². The first-order valence-corrected chi connectivity index (χ1v) is 3.81. The Hall–Kier alpha value is -1.51. The predicted octanol–water partition coefficient (Wildman–Crippen LogP) is 1.70. The summed E-state index contributed by atoms with van der Waals surface area (Å²) in [6.45, 7) is 3.78. The molecule has 0 unspecified atom stereocenters. The van der Waals surface area contributed by atoms with Gasteiger partial charge in [0.1, 0.15) is 5.84 Å². The van der Waals surface area contributed by atoms with Gasteiger partial charge in [0.05, 0.1) is 5.69 Å². The van der Waals surface area contributed by atoms with Gasteiger partial charge in [-0.3, -0.25) is 5.43 Å². The maximum atomic E-state index is 5.36. The van der Waals surface area contributed by atoms with Gasteiger partial charge in [0.15, 0.2) is 0 Å². The van der Waals surface area contributed by atoms with Gasteiger partial charge in [-0.1, -0.05) is 17.7 Å². The van der Waals surface area contributed by atoms with E-state index in [-0.39, 0.29) is 0 Å². The van der Waals surface area contributed by atoms with Gasteiger partial charge < -0.3 is 5.73 Å². The highest BCUT2D eigenvalue weighted by Gasteiger charge is 1.87. The van der Waals surface area contributed by atoms with E-state index >= 15 is 0 Å². The van der Waals surface area contributed by atoms with Crippen molar-refractivity contribution in [2.75, 3.05) is 5.43 Å². The fourth-order valence-corrected chi connectivity index (χ4v) is 0.781. The van der Waals surface area contributed by atoms with Crippen LogP contribution < -0.4 is 11.2 Å². The van der Waals surface area contributed by atoms with Gasteiger partial charge in [0.2, 0.25) is 0 Å². The summed E-state index contributed by atoms with van der Waals surface area (Å²) in [6.07, 6.45) is 0. The lowest BCUT2D eigenvalue weighted by Gasteiger charge is -2.00. The number of aryl methyl sites for hydroxylation is 1. The minimum atomic E-state index is 0.524. The lowest BCUT2D eigenvalue weighted by atomic mass is 10.2. The van der Waals surface area contributed by atoms with E-state index in [2.05, 4.69) is 10.5 Å². The fourth-order valence-electron chi connectivity index (χ4n) is 0.781. The molecule has 3 N–H and O–H groups in total. The monoisotopic (exact) mass is 163 g/mol. The first-order chi connectivity index (χ1) is 5.68. The van der Waals surface area contributed by atoms with E-state index in [1.54, 1.807) is 6.92 Å². The van der Waals surface area contributed by atoms with Crippen molar-refractivity contribution in [2.45, 2.75) is 13.8 Å². The van der Waals surface area contributed by atoms with E-state index in [4.69, 9.17) is 5.73 Å². The lowest BCUT2D eigenvalue weighted by molar-refractivity contribution is 1.30. The molecule has 0 spiro atoms. The Balaban J connectivity index is 2.65. The molecule has 0 atom stereocenters. The summed E-state index contributed by atoms with van der Waals surface area (Å²) in [5.41, 5.74) is 10.4. The SMILES string of the molecule is C/C(N)=N/Nc1ccc(C)cc1. The van der Waals surface area contributed by atoms with Crippen LogP contribution in [0.3, 0.4) is 0 Å². The molecule has 0 radical (unpaired) electrons. The number of nitrogens with two attached hydrogens (primary N) is 1. The van der Waals surface area contributed by atoms with Crippen molar-refractivity contribution in [1.82, 2.24) is 0 Å². The van der Waals surface area contributed by atoms with Gasteiger partial charge in [-0.2, -0.15) is 5.10 Å². The van der Waals surface area contributed by atoms with E-state index < -0.39 is 0 Å². The average Bonchev–Trinajstić information content (AvgIpc) is 2.03. The number of hydrogen-bond acceptors (Lipinski definition) is 2. The Kier molecular flexibility index (Phi) is 2.69. The molecule has 0 heterocycles.